The zero-order valence-electron chi connectivity index (χ0n) is 12.0. The summed E-state index contributed by atoms with van der Waals surface area (Å²) in [6.07, 6.45) is 0.101. The highest BCUT2D eigenvalue weighted by molar-refractivity contribution is 5.22. The van der Waals surface area contributed by atoms with Crippen LogP contribution in [0.4, 0.5) is 8.78 Å². The van der Waals surface area contributed by atoms with Crippen molar-refractivity contribution in [3.8, 4) is 0 Å². The van der Waals surface area contributed by atoms with Crippen molar-refractivity contribution in [1.82, 2.24) is 5.32 Å². The van der Waals surface area contributed by atoms with Crippen LogP contribution < -0.4 is 5.32 Å². The highest BCUT2D eigenvalue weighted by Gasteiger charge is 2.19. The van der Waals surface area contributed by atoms with Gasteiger partial charge in [-0.25, -0.2) is 8.78 Å². The van der Waals surface area contributed by atoms with Crippen LogP contribution in [0.1, 0.15) is 45.7 Å². The van der Waals surface area contributed by atoms with E-state index in [9.17, 15) is 13.9 Å². The fraction of sp³-hybridized carbons (Fsp3) is 0.600. The predicted molar refractivity (Wildman–Crippen MR) is 72.9 cm³/mol. The number of aliphatic hydroxyl groups excluding tert-OH is 1. The number of benzene rings is 1. The smallest absolute Gasteiger partial charge is 0.130 e. The number of rotatable bonds is 5. The van der Waals surface area contributed by atoms with Crippen molar-refractivity contribution >= 4 is 0 Å². The summed E-state index contributed by atoms with van der Waals surface area (Å²) in [5, 5.41) is 12.8. The molecule has 2 unspecified atom stereocenters. The zero-order valence-corrected chi connectivity index (χ0v) is 12.0. The van der Waals surface area contributed by atoms with Crippen LogP contribution in [-0.4, -0.2) is 17.8 Å². The lowest BCUT2D eigenvalue weighted by Crippen LogP contribution is -2.32. The van der Waals surface area contributed by atoms with Crippen molar-refractivity contribution in [1.29, 1.82) is 0 Å². The lowest BCUT2D eigenvalue weighted by molar-refractivity contribution is 0.117. The maximum atomic E-state index is 13.6. The summed E-state index contributed by atoms with van der Waals surface area (Å²) in [4.78, 5) is 0. The number of hydrogen-bond acceptors (Lipinski definition) is 2. The van der Waals surface area contributed by atoms with Gasteiger partial charge in [0.1, 0.15) is 11.6 Å². The molecule has 1 rings (SSSR count). The maximum absolute atomic E-state index is 13.6. The molecule has 19 heavy (non-hydrogen) atoms. The molecule has 0 spiro atoms. The van der Waals surface area contributed by atoms with E-state index in [4.69, 9.17) is 0 Å². The molecule has 0 aliphatic heterocycles. The Kier molecular flexibility index (Phi) is 5.44. The first kappa shape index (κ1) is 16.1. The highest BCUT2D eigenvalue weighted by atomic mass is 19.1. The number of hydrogen-bond donors (Lipinski definition) is 2. The molecule has 2 atom stereocenters. The van der Waals surface area contributed by atoms with Crippen LogP contribution in [0.3, 0.4) is 0 Å². The number of aliphatic hydroxyl groups is 1. The van der Waals surface area contributed by atoms with Gasteiger partial charge < -0.3 is 10.4 Å². The molecule has 4 heteroatoms. The second-order valence-corrected chi connectivity index (χ2v) is 6.18. The normalized spacial score (nSPS) is 15.3. The molecule has 0 bridgehead atoms. The Bertz CT molecular complexity index is 395. The van der Waals surface area contributed by atoms with Gasteiger partial charge in [-0.3, -0.25) is 0 Å². The molecule has 0 saturated carbocycles. The van der Waals surface area contributed by atoms with Crippen LogP contribution in [0.5, 0.6) is 0 Å². The molecule has 2 nitrogen and oxygen atoms in total. The van der Waals surface area contributed by atoms with E-state index in [1.54, 1.807) is 6.92 Å². The van der Waals surface area contributed by atoms with Gasteiger partial charge in [0.25, 0.3) is 0 Å². The van der Waals surface area contributed by atoms with Crippen LogP contribution in [0, 0.1) is 17.0 Å². The standard InChI is InChI=1S/C15H23F2NO/c1-10(14-12(16)6-5-7-13(14)17)18-9-11(19)8-15(2,3)4/h5-7,10-11,18-19H,8-9H2,1-4H3. The molecule has 0 radical (unpaired) electrons. The van der Waals surface area contributed by atoms with Gasteiger partial charge in [-0.05, 0) is 30.9 Å². The minimum atomic E-state index is -0.565. The minimum Gasteiger partial charge on any atom is -0.392 e. The molecule has 0 amide bonds. The average molecular weight is 271 g/mol. The van der Waals surface area contributed by atoms with Crippen LogP contribution in [0.15, 0.2) is 18.2 Å². The number of halogens is 2. The predicted octanol–water partition coefficient (Wildman–Crippen LogP) is 3.41. The Hall–Kier alpha value is -1.00. The topological polar surface area (TPSA) is 32.3 Å². The van der Waals surface area contributed by atoms with E-state index in [1.165, 1.54) is 18.2 Å². The molecular weight excluding hydrogens is 248 g/mol. The first-order valence-corrected chi connectivity index (χ1v) is 6.56. The van der Waals surface area contributed by atoms with Gasteiger partial charge in [0.15, 0.2) is 0 Å². The highest BCUT2D eigenvalue weighted by Crippen LogP contribution is 2.22. The van der Waals surface area contributed by atoms with Gasteiger partial charge in [-0.15, -0.1) is 0 Å². The Morgan fingerprint density at radius 1 is 1.21 bits per heavy atom. The monoisotopic (exact) mass is 271 g/mol. The van der Waals surface area contributed by atoms with Gasteiger partial charge in [0.2, 0.25) is 0 Å². The third-order valence-electron chi connectivity index (χ3n) is 2.94. The van der Waals surface area contributed by atoms with Crippen molar-refractivity contribution in [2.45, 2.75) is 46.3 Å². The third kappa shape index (κ3) is 5.25. The second kappa shape index (κ2) is 6.44. The molecule has 108 valence electrons. The van der Waals surface area contributed by atoms with E-state index in [1.807, 2.05) is 20.8 Å². The van der Waals surface area contributed by atoms with Gasteiger partial charge in [-0.1, -0.05) is 26.8 Å². The van der Waals surface area contributed by atoms with Gasteiger partial charge in [0, 0.05) is 18.2 Å². The fourth-order valence-electron chi connectivity index (χ4n) is 2.12. The van der Waals surface area contributed by atoms with Crippen LogP contribution in [0.25, 0.3) is 0 Å². The van der Waals surface area contributed by atoms with E-state index in [2.05, 4.69) is 5.32 Å². The number of nitrogens with one attached hydrogen (secondary N) is 1. The maximum Gasteiger partial charge on any atom is 0.130 e. The Balaban J connectivity index is 2.59. The first-order valence-electron chi connectivity index (χ1n) is 6.56. The van der Waals surface area contributed by atoms with Crippen LogP contribution in [-0.2, 0) is 0 Å². The van der Waals surface area contributed by atoms with E-state index in [-0.39, 0.29) is 11.0 Å². The van der Waals surface area contributed by atoms with Crippen molar-refractivity contribution < 1.29 is 13.9 Å². The summed E-state index contributed by atoms with van der Waals surface area (Å²) < 4.78 is 27.1. The average Bonchev–Trinajstić information content (AvgIpc) is 2.23. The van der Waals surface area contributed by atoms with E-state index >= 15 is 0 Å². The summed E-state index contributed by atoms with van der Waals surface area (Å²) in [6.45, 7) is 8.11. The fourth-order valence-corrected chi connectivity index (χ4v) is 2.12. The molecule has 0 aliphatic rings. The summed E-state index contributed by atoms with van der Waals surface area (Å²) >= 11 is 0. The molecular formula is C15H23F2NO. The van der Waals surface area contributed by atoms with Crippen LogP contribution >= 0.6 is 0 Å². The van der Waals surface area contributed by atoms with E-state index in [0.29, 0.717) is 13.0 Å². The van der Waals surface area contributed by atoms with Gasteiger partial charge in [-0.2, -0.15) is 0 Å². The lowest BCUT2D eigenvalue weighted by atomic mass is 9.89. The minimum absolute atomic E-state index is 0.0189. The third-order valence-corrected chi connectivity index (χ3v) is 2.94. The Morgan fingerprint density at radius 3 is 2.21 bits per heavy atom. The molecule has 0 aromatic heterocycles. The van der Waals surface area contributed by atoms with Crippen molar-refractivity contribution in [3.63, 3.8) is 0 Å². The Morgan fingerprint density at radius 2 is 1.74 bits per heavy atom. The molecule has 0 saturated heterocycles. The van der Waals surface area contributed by atoms with Crippen molar-refractivity contribution in [2.24, 2.45) is 5.41 Å². The SMILES string of the molecule is CC(NCC(O)CC(C)(C)C)c1c(F)cccc1F. The molecule has 0 aliphatic carbocycles. The zero-order chi connectivity index (χ0) is 14.6. The summed E-state index contributed by atoms with van der Waals surface area (Å²) in [5.74, 6) is -1.13. The van der Waals surface area contributed by atoms with Gasteiger partial charge in [0.05, 0.1) is 6.10 Å². The molecule has 0 heterocycles. The summed E-state index contributed by atoms with van der Waals surface area (Å²) in [7, 11) is 0. The first-order chi connectivity index (χ1) is 8.70. The van der Waals surface area contributed by atoms with Crippen molar-refractivity contribution in [3.05, 3.63) is 35.4 Å². The molecule has 1 aromatic rings. The molecule has 1 aromatic carbocycles. The van der Waals surface area contributed by atoms with Crippen LogP contribution in [0.2, 0.25) is 0 Å². The quantitative estimate of drug-likeness (QED) is 0.860. The van der Waals surface area contributed by atoms with E-state index in [0.717, 1.165) is 0 Å². The molecule has 0 fully saturated rings. The summed E-state index contributed by atoms with van der Waals surface area (Å²) in [6, 6.07) is 3.34. The van der Waals surface area contributed by atoms with E-state index < -0.39 is 23.8 Å². The Labute approximate surface area is 113 Å². The molecule has 2 N–H and O–H groups in total. The largest absolute Gasteiger partial charge is 0.392 e. The van der Waals surface area contributed by atoms with Gasteiger partial charge >= 0.3 is 0 Å². The summed E-state index contributed by atoms with van der Waals surface area (Å²) in [5.41, 5.74) is 0.0404. The second-order valence-electron chi connectivity index (χ2n) is 6.18. The van der Waals surface area contributed by atoms with Crippen molar-refractivity contribution in [2.75, 3.05) is 6.54 Å². The lowest BCUT2D eigenvalue weighted by Gasteiger charge is -2.24.